The topological polar surface area (TPSA) is 93.0 Å². The van der Waals surface area contributed by atoms with Gasteiger partial charge in [0.2, 0.25) is 0 Å². The molecule has 1 saturated heterocycles. The third-order valence-electron chi connectivity index (χ3n) is 6.97. The Morgan fingerprint density at radius 2 is 2.00 bits per heavy atom. The minimum absolute atomic E-state index is 0.000177. The first-order valence-corrected chi connectivity index (χ1v) is 10.5. The molecule has 0 atom stereocenters. The van der Waals surface area contributed by atoms with Crippen molar-refractivity contribution in [3.63, 3.8) is 0 Å². The van der Waals surface area contributed by atoms with Crippen LogP contribution in [0.3, 0.4) is 0 Å². The van der Waals surface area contributed by atoms with Crippen LogP contribution in [0.1, 0.15) is 51.5 Å². The lowest BCUT2D eigenvalue weighted by Crippen LogP contribution is -2.63. The molecule has 2 aliphatic rings. The van der Waals surface area contributed by atoms with Crippen molar-refractivity contribution in [2.24, 2.45) is 5.41 Å². The van der Waals surface area contributed by atoms with Crippen molar-refractivity contribution in [1.29, 1.82) is 5.26 Å². The number of H-pyrrole nitrogens is 1. The standard InChI is InChI=1S/C25H24N4O2/c1-15-4-3-5-20(16(15)2)23-9-22(27-28-23)18-10-25(11-18)13-29(14-25)24(31)21-8-19(30)7-6-17(21)12-26/h3-9,18,30H,10-11,13-14H2,1-2H3,(H,27,28). The van der Waals surface area contributed by atoms with Gasteiger partial charge < -0.3 is 10.0 Å². The molecule has 3 aromatic rings. The number of amides is 1. The van der Waals surface area contributed by atoms with Gasteiger partial charge in [0.1, 0.15) is 5.75 Å². The van der Waals surface area contributed by atoms with Crippen LogP contribution in [0.15, 0.2) is 42.5 Å². The summed E-state index contributed by atoms with van der Waals surface area (Å²) in [7, 11) is 0. The number of nitrogens with one attached hydrogen (secondary N) is 1. The molecule has 6 heteroatoms. The summed E-state index contributed by atoms with van der Waals surface area (Å²) in [4.78, 5) is 14.6. The van der Waals surface area contributed by atoms with Crippen molar-refractivity contribution in [2.45, 2.75) is 32.6 Å². The van der Waals surface area contributed by atoms with Crippen LogP contribution in [-0.2, 0) is 0 Å². The summed E-state index contributed by atoms with van der Waals surface area (Å²) in [5.74, 6) is 0.250. The van der Waals surface area contributed by atoms with Gasteiger partial charge in [0.05, 0.1) is 22.9 Å². The average molecular weight is 412 g/mol. The largest absolute Gasteiger partial charge is 0.508 e. The van der Waals surface area contributed by atoms with Gasteiger partial charge >= 0.3 is 0 Å². The smallest absolute Gasteiger partial charge is 0.255 e. The highest BCUT2D eigenvalue weighted by atomic mass is 16.3. The predicted octanol–water partition coefficient (Wildman–Crippen LogP) is 4.29. The number of carbonyl (C=O) groups excluding carboxylic acids is 1. The van der Waals surface area contributed by atoms with E-state index < -0.39 is 0 Å². The molecule has 0 radical (unpaired) electrons. The Hall–Kier alpha value is -3.59. The lowest BCUT2D eigenvalue weighted by molar-refractivity contribution is -0.0561. The van der Waals surface area contributed by atoms with E-state index in [1.807, 2.05) is 6.07 Å². The van der Waals surface area contributed by atoms with Crippen LogP contribution in [0, 0.1) is 30.6 Å². The number of nitrogens with zero attached hydrogens (tertiary/aromatic N) is 3. The zero-order valence-corrected chi connectivity index (χ0v) is 17.6. The summed E-state index contributed by atoms with van der Waals surface area (Å²) in [5.41, 5.74) is 6.55. The number of aryl methyl sites for hydroxylation is 1. The molecule has 156 valence electrons. The maximum absolute atomic E-state index is 12.8. The van der Waals surface area contributed by atoms with Gasteiger partial charge in [0, 0.05) is 35.7 Å². The van der Waals surface area contributed by atoms with Crippen molar-refractivity contribution in [3.05, 3.63) is 70.4 Å². The molecule has 1 spiro atoms. The molecule has 2 N–H and O–H groups in total. The monoisotopic (exact) mass is 412 g/mol. The second kappa shape index (κ2) is 6.98. The van der Waals surface area contributed by atoms with Gasteiger partial charge in [-0.2, -0.15) is 10.4 Å². The lowest BCUT2D eigenvalue weighted by atomic mass is 9.57. The van der Waals surface area contributed by atoms with E-state index in [0.29, 0.717) is 24.6 Å². The van der Waals surface area contributed by atoms with Crippen LogP contribution in [0.5, 0.6) is 5.75 Å². The SMILES string of the molecule is Cc1cccc(-c2cc(C3CC4(C3)CN(C(=O)c3cc(O)ccc3C#N)C4)[nH]n2)c1C. The molecular weight excluding hydrogens is 388 g/mol. The number of aromatic nitrogens is 2. The van der Waals surface area contributed by atoms with Crippen LogP contribution < -0.4 is 0 Å². The van der Waals surface area contributed by atoms with Crippen LogP contribution >= 0.6 is 0 Å². The van der Waals surface area contributed by atoms with Crippen LogP contribution in [-0.4, -0.2) is 39.2 Å². The second-order valence-electron chi connectivity index (χ2n) is 9.06. The van der Waals surface area contributed by atoms with Gasteiger partial charge in [0.25, 0.3) is 5.91 Å². The van der Waals surface area contributed by atoms with Crippen LogP contribution in [0.25, 0.3) is 11.3 Å². The number of aromatic hydroxyl groups is 1. The fourth-order valence-electron chi connectivity index (χ4n) is 5.06. The van der Waals surface area contributed by atoms with Crippen molar-refractivity contribution in [3.8, 4) is 23.1 Å². The summed E-state index contributed by atoms with van der Waals surface area (Å²) in [5, 5.41) is 26.7. The molecule has 2 aromatic carbocycles. The molecule has 1 amide bonds. The zero-order chi connectivity index (χ0) is 21.8. The van der Waals surface area contributed by atoms with Crippen LogP contribution in [0.2, 0.25) is 0 Å². The van der Waals surface area contributed by atoms with E-state index in [1.165, 1.54) is 29.3 Å². The van der Waals surface area contributed by atoms with E-state index in [1.54, 1.807) is 4.90 Å². The molecule has 1 aliphatic carbocycles. The molecule has 1 aromatic heterocycles. The summed E-state index contributed by atoms with van der Waals surface area (Å²) in [6.07, 6.45) is 2.05. The number of hydrogen-bond acceptors (Lipinski definition) is 4. The Morgan fingerprint density at radius 1 is 1.23 bits per heavy atom. The molecule has 1 saturated carbocycles. The van der Waals surface area contributed by atoms with Crippen molar-refractivity contribution < 1.29 is 9.90 Å². The minimum Gasteiger partial charge on any atom is -0.508 e. The summed E-state index contributed by atoms with van der Waals surface area (Å²) < 4.78 is 0. The van der Waals surface area contributed by atoms with Crippen molar-refractivity contribution in [1.82, 2.24) is 15.1 Å². The number of rotatable bonds is 3. The molecule has 1 aliphatic heterocycles. The third kappa shape index (κ3) is 3.17. The van der Waals surface area contributed by atoms with E-state index >= 15 is 0 Å². The van der Waals surface area contributed by atoms with E-state index in [2.05, 4.69) is 48.3 Å². The van der Waals surface area contributed by atoms with Crippen LogP contribution in [0.4, 0.5) is 0 Å². The van der Waals surface area contributed by atoms with Gasteiger partial charge in [-0.25, -0.2) is 0 Å². The number of benzene rings is 2. The first-order chi connectivity index (χ1) is 14.9. The first-order valence-electron chi connectivity index (χ1n) is 10.5. The molecule has 5 rings (SSSR count). The van der Waals surface area contributed by atoms with Gasteiger partial charge in [-0.3, -0.25) is 9.89 Å². The average Bonchev–Trinajstić information content (AvgIpc) is 3.17. The van der Waals surface area contributed by atoms with Gasteiger partial charge in [-0.15, -0.1) is 0 Å². The van der Waals surface area contributed by atoms with Crippen molar-refractivity contribution in [2.75, 3.05) is 13.1 Å². The molecule has 31 heavy (non-hydrogen) atoms. The highest BCUT2D eigenvalue weighted by molar-refractivity contribution is 5.97. The molecule has 2 heterocycles. The quantitative estimate of drug-likeness (QED) is 0.671. The first kappa shape index (κ1) is 19.4. The maximum Gasteiger partial charge on any atom is 0.255 e. The normalized spacial score (nSPS) is 17.1. The van der Waals surface area contributed by atoms with Gasteiger partial charge in [0.15, 0.2) is 0 Å². The molecule has 0 bridgehead atoms. The predicted molar refractivity (Wildman–Crippen MR) is 117 cm³/mol. The summed E-state index contributed by atoms with van der Waals surface area (Å²) in [6, 6.07) is 14.8. The Kier molecular flexibility index (Phi) is 4.37. The molecule has 0 unspecified atom stereocenters. The number of phenols is 1. The zero-order valence-electron chi connectivity index (χ0n) is 17.6. The van der Waals surface area contributed by atoms with E-state index in [0.717, 1.165) is 29.8 Å². The Labute approximate surface area is 181 Å². The number of carbonyl (C=O) groups is 1. The Balaban J connectivity index is 1.24. The number of likely N-dealkylation sites (tertiary alicyclic amines) is 1. The van der Waals surface area contributed by atoms with Gasteiger partial charge in [-0.1, -0.05) is 18.2 Å². The Bertz CT molecular complexity index is 1220. The highest BCUT2D eigenvalue weighted by Crippen LogP contribution is 2.56. The second-order valence-corrected chi connectivity index (χ2v) is 9.06. The highest BCUT2D eigenvalue weighted by Gasteiger charge is 2.54. The van der Waals surface area contributed by atoms with Crippen molar-refractivity contribution >= 4 is 5.91 Å². The number of aromatic amines is 1. The Morgan fingerprint density at radius 3 is 2.74 bits per heavy atom. The maximum atomic E-state index is 12.8. The van der Waals surface area contributed by atoms with Gasteiger partial charge in [-0.05, 0) is 62.1 Å². The molecular formula is C25H24N4O2. The lowest BCUT2D eigenvalue weighted by Gasteiger charge is -2.59. The number of nitriles is 1. The fraction of sp³-hybridized carbons (Fsp3) is 0.320. The van der Waals surface area contributed by atoms with E-state index in [4.69, 9.17) is 0 Å². The molecule has 6 nitrogen and oxygen atoms in total. The fourth-order valence-corrected chi connectivity index (χ4v) is 5.06. The number of phenolic OH excluding ortho intramolecular Hbond substituents is 1. The third-order valence-corrected chi connectivity index (χ3v) is 6.97. The minimum atomic E-state index is -0.180. The molecule has 2 fully saturated rings. The summed E-state index contributed by atoms with van der Waals surface area (Å²) >= 11 is 0. The van der Waals surface area contributed by atoms with E-state index in [9.17, 15) is 15.2 Å². The number of hydrogen-bond donors (Lipinski definition) is 2. The van der Waals surface area contributed by atoms with E-state index in [-0.39, 0.29) is 22.6 Å². The summed E-state index contributed by atoms with van der Waals surface area (Å²) in [6.45, 7) is 5.63.